The molecule has 0 aliphatic heterocycles. The van der Waals surface area contributed by atoms with Crippen molar-refractivity contribution in [3.8, 4) is 0 Å². The molecule has 2 rings (SSSR count). The molecule has 1 aromatic rings. The molecule has 74 valence electrons. The van der Waals surface area contributed by atoms with E-state index >= 15 is 0 Å². The molecule has 0 amide bonds. The second-order valence-corrected chi connectivity index (χ2v) is 4.14. The number of hydrogen-bond donors (Lipinski definition) is 0. The van der Waals surface area contributed by atoms with Crippen LogP contribution in [0.5, 0.6) is 0 Å². The molecule has 1 fully saturated rings. The largest absolute Gasteiger partial charge is 0.294 e. The summed E-state index contributed by atoms with van der Waals surface area (Å²) in [5.74, 6) is -0.869. The van der Waals surface area contributed by atoms with Crippen molar-refractivity contribution in [2.24, 2.45) is 5.92 Å². The van der Waals surface area contributed by atoms with Crippen molar-refractivity contribution < 1.29 is 9.18 Å². The van der Waals surface area contributed by atoms with Crippen LogP contribution >= 0.6 is 23.2 Å². The number of benzene rings is 1. The van der Waals surface area contributed by atoms with Crippen molar-refractivity contribution in [1.82, 2.24) is 0 Å². The number of carbonyl (C=O) groups is 1. The SMILES string of the molecule is O=C(c1c(F)ccc(Cl)c1Cl)C1CC1. The first kappa shape index (κ1) is 9.94. The monoisotopic (exact) mass is 232 g/mol. The van der Waals surface area contributed by atoms with Gasteiger partial charge in [0.1, 0.15) is 5.82 Å². The number of halogens is 3. The first-order chi connectivity index (χ1) is 6.61. The topological polar surface area (TPSA) is 17.1 Å². The summed E-state index contributed by atoms with van der Waals surface area (Å²) in [4.78, 5) is 11.6. The molecule has 1 aliphatic rings. The summed E-state index contributed by atoms with van der Waals surface area (Å²) in [6.45, 7) is 0. The van der Waals surface area contributed by atoms with E-state index in [9.17, 15) is 9.18 Å². The van der Waals surface area contributed by atoms with Gasteiger partial charge in [-0.1, -0.05) is 23.2 Å². The molecule has 0 heterocycles. The molecule has 0 unspecified atom stereocenters. The van der Waals surface area contributed by atoms with Gasteiger partial charge < -0.3 is 0 Å². The molecule has 14 heavy (non-hydrogen) atoms. The third kappa shape index (κ3) is 1.64. The van der Waals surface area contributed by atoms with E-state index in [1.165, 1.54) is 12.1 Å². The predicted molar refractivity (Wildman–Crippen MR) is 53.5 cm³/mol. The highest BCUT2D eigenvalue weighted by Crippen LogP contribution is 2.37. The molecule has 0 aromatic heterocycles. The summed E-state index contributed by atoms with van der Waals surface area (Å²) in [5.41, 5.74) is -0.0540. The normalized spacial score (nSPS) is 15.6. The summed E-state index contributed by atoms with van der Waals surface area (Å²) in [6.07, 6.45) is 1.64. The fraction of sp³-hybridized carbons (Fsp3) is 0.300. The van der Waals surface area contributed by atoms with Crippen LogP contribution in [0.15, 0.2) is 12.1 Å². The van der Waals surface area contributed by atoms with Crippen molar-refractivity contribution >= 4 is 29.0 Å². The number of Topliss-reactive ketones (excluding diaryl/α,β-unsaturated/α-hetero) is 1. The molecule has 0 spiro atoms. The Morgan fingerprint density at radius 1 is 1.36 bits per heavy atom. The molecule has 4 heteroatoms. The quantitative estimate of drug-likeness (QED) is 0.561. The fourth-order valence-corrected chi connectivity index (χ4v) is 1.71. The molecule has 0 atom stereocenters. The Morgan fingerprint density at radius 2 is 2.00 bits per heavy atom. The van der Waals surface area contributed by atoms with Crippen molar-refractivity contribution in [2.75, 3.05) is 0 Å². The van der Waals surface area contributed by atoms with Gasteiger partial charge in [-0.3, -0.25) is 4.79 Å². The first-order valence-corrected chi connectivity index (χ1v) is 5.04. The average Bonchev–Trinajstić information content (AvgIpc) is 2.95. The highest BCUT2D eigenvalue weighted by Gasteiger charge is 2.33. The van der Waals surface area contributed by atoms with Crippen molar-refractivity contribution in [3.05, 3.63) is 33.6 Å². The smallest absolute Gasteiger partial charge is 0.170 e. The molecule has 1 saturated carbocycles. The zero-order valence-electron chi connectivity index (χ0n) is 7.19. The van der Waals surface area contributed by atoms with E-state index in [-0.39, 0.29) is 27.3 Å². The van der Waals surface area contributed by atoms with Crippen LogP contribution in [-0.2, 0) is 0 Å². The van der Waals surface area contributed by atoms with Crippen LogP contribution in [0.3, 0.4) is 0 Å². The van der Waals surface area contributed by atoms with Crippen molar-refractivity contribution in [2.45, 2.75) is 12.8 Å². The predicted octanol–water partition coefficient (Wildman–Crippen LogP) is 3.73. The van der Waals surface area contributed by atoms with E-state index in [0.717, 1.165) is 12.8 Å². The Kier molecular flexibility index (Phi) is 2.50. The van der Waals surface area contributed by atoms with E-state index in [4.69, 9.17) is 23.2 Å². The molecule has 0 bridgehead atoms. The highest BCUT2D eigenvalue weighted by molar-refractivity contribution is 6.44. The number of ketones is 1. The molecule has 1 aliphatic carbocycles. The van der Waals surface area contributed by atoms with Crippen LogP contribution in [0.25, 0.3) is 0 Å². The van der Waals surface area contributed by atoms with Gasteiger partial charge in [0.25, 0.3) is 0 Å². The minimum atomic E-state index is -0.587. The Hall–Kier alpha value is -0.600. The summed E-state index contributed by atoms with van der Waals surface area (Å²) >= 11 is 11.5. The van der Waals surface area contributed by atoms with E-state index in [1.54, 1.807) is 0 Å². The maximum Gasteiger partial charge on any atom is 0.170 e. The molecule has 0 radical (unpaired) electrons. The van der Waals surface area contributed by atoms with Gasteiger partial charge in [0, 0.05) is 5.92 Å². The fourth-order valence-electron chi connectivity index (χ4n) is 1.30. The zero-order chi connectivity index (χ0) is 10.3. The van der Waals surface area contributed by atoms with Gasteiger partial charge in [-0.15, -0.1) is 0 Å². The summed E-state index contributed by atoms with van der Waals surface area (Å²) in [5, 5.41) is 0.251. The molecular formula is C10H7Cl2FO. The lowest BCUT2D eigenvalue weighted by Crippen LogP contribution is -2.05. The number of hydrogen-bond acceptors (Lipinski definition) is 1. The van der Waals surface area contributed by atoms with E-state index in [2.05, 4.69) is 0 Å². The molecule has 0 N–H and O–H groups in total. The molecule has 1 aromatic carbocycles. The van der Waals surface area contributed by atoms with Gasteiger partial charge in [-0.05, 0) is 25.0 Å². The summed E-state index contributed by atoms with van der Waals surface area (Å²) in [7, 11) is 0. The lowest BCUT2D eigenvalue weighted by molar-refractivity contribution is 0.0964. The number of rotatable bonds is 2. The molecule has 0 saturated heterocycles. The maximum atomic E-state index is 13.3. The third-order valence-corrected chi connectivity index (χ3v) is 3.04. The Balaban J connectivity index is 2.49. The van der Waals surface area contributed by atoms with Crippen LogP contribution in [0, 0.1) is 11.7 Å². The van der Waals surface area contributed by atoms with Crippen LogP contribution < -0.4 is 0 Å². The average molecular weight is 233 g/mol. The van der Waals surface area contributed by atoms with Crippen LogP contribution in [0.1, 0.15) is 23.2 Å². The minimum Gasteiger partial charge on any atom is -0.294 e. The van der Waals surface area contributed by atoms with Crippen LogP contribution in [-0.4, -0.2) is 5.78 Å². The third-order valence-electron chi connectivity index (χ3n) is 2.24. The first-order valence-electron chi connectivity index (χ1n) is 4.29. The van der Waals surface area contributed by atoms with Crippen LogP contribution in [0.4, 0.5) is 4.39 Å². The molecular weight excluding hydrogens is 226 g/mol. The maximum absolute atomic E-state index is 13.3. The van der Waals surface area contributed by atoms with Gasteiger partial charge in [-0.2, -0.15) is 0 Å². The standard InChI is InChI=1S/C10H7Cl2FO/c11-6-3-4-7(13)8(9(6)12)10(14)5-1-2-5/h3-5H,1-2H2. The van der Waals surface area contributed by atoms with Gasteiger partial charge in [0.15, 0.2) is 5.78 Å². The van der Waals surface area contributed by atoms with Crippen LogP contribution in [0.2, 0.25) is 10.0 Å². The van der Waals surface area contributed by atoms with Gasteiger partial charge in [0.2, 0.25) is 0 Å². The second kappa shape index (κ2) is 3.52. The van der Waals surface area contributed by atoms with Gasteiger partial charge in [0.05, 0.1) is 15.6 Å². The summed E-state index contributed by atoms with van der Waals surface area (Å²) in [6, 6.07) is 2.52. The van der Waals surface area contributed by atoms with E-state index in [1.807, 2.05) is 0 Å². The van der Waals surface area contributed by atoms with Crippen molar-refractivity contribution in [3.63, 3.8) is 0 Å². The summed E-state index contributed by atoms with van der Waals surface area (Å²) < 4.78 is 13.3. The van der Waals surface area contributed by atoms with Gasteiger partial charge in [-0.25, -0.2) is 4.39 Å². The minimum absolute atomic E-state index is 0.0311. The van der Waals surface area contributed by atoms with Crippen molar-refractivity contribution in [1.29, 1.82) is 0 Å². The lowest BCUT2D eigenvalue weighted by atomic mass is 10.1. The molecule has 1 nitrogen and oxygen atoms in total. The lowest BCUT2D eigenvalue weighted by Gasteiger charge is -2.05. The Bertz CT molecular complexity index is 399. The van der Waals surface area contributed by atoms with E-state index in [0.29, 0.717) is 0 Å². The Morgan fingerprint density at radius 3 is 2.57 bits per heavy atom. The van der Waals surface area contributed by atoms with Gasteiger partial charge >= 0.3 is 0 Å². The highest BCUT2D eigenvalue weighted by atomic mass is 35.5. The Labute approximate surface area is 90.8 Å². The zero-order valence-corrected chi connectivity index (χ0v) is 8.70. The van der Waals surface area contributed by atoms with E-state index < -0.39 is 5.82 Å². The number of carbonyl (C=O) groups excluding carboxylic acids is 1. The second-order valence-electron chi connectivity index (χ2n) is 3.36.